The van der Waals surface area contributed by atoms with Crippen LogP contribution in [0.2, 0.25) is 0 Å². The second kappa shape index (κ2) is 7.05. The van der Waals surface area contributed by atoms with Gasteiger partial charge in [-0.15, -0.1) is 0 Å². The van der Waals surface area contributed by atoms with Crippen molar-refractivity contribution in [1.82, 2.24) is 10.2 Å². The van der Waals surface area contributed by atoms with Gasteiger partial charge in [0.25, 0.3) is 0 Å². The standard InChI is InChI=1S/C9H20N4O2/c1-4-13(3)8(14)6-11-5-7(2)9(10)12-15/h7,11,15H,4-6H2,1-3H3,(H2,10,12). The number of carbonyl (C=O) groups excluding carboxylic acids is 1. The number of likely N-dealkylation sites (N-methyl/N-ethyl adjacent to an activating group) is 1. The summed E-state index contributed by atoms with van der Waals surface area (Å²) in [5, 5.41) is 14.2. The van der Waals surface area contributed by atoms with E-state index in [1.165, 1.54) is 0 Å². The summed E-state index contributed by atoms with van der Waals surface area (Å²) in [5.74, 6) is 0.109. The Bertz CT molecular complexity index is 230. The first-order valence-electron chi connectivity index (χ1n) is 4.95. The van der Waals surface area contributed by atoms with Crippen molar-refractivity contribution >= 4 is 11.7 Å². The lowest BCUT2D eigenvalue weighted by Gasteiger charge is -2.16. The number of nitrogens with zero attached hydrogens (tertiary/aromatic N) is 2. The topological polar surface area (TPSA) is 91.0 Å². The summed E-state index contributed by atoms with van der Waals surface area (Å²) in [5.41, 5.74) is 5.38. The van der Waals surface area contributed by atoms with E-state index < -0.39 is 0 Å². The maximum absolute atomic E-state index is 11.3. The number of rotatable bonds is 6. The first-order valence-corrected chi connectivity index (χ1v) is 4.95. The van der Waals surface area contributed by atoms with E-state index in [0.29, 0.717) is 13.1 Å². The van der Waals surface area contributed by atoms with Crippen LogP contribution >= 0.6 is 0 Å². The average molecular weight is 216 g/mol. The fraction of sp³-hybridized carbons (Fsp3) is 0.778. The van der Waals surface area contributed by atoms with E-state index in [9.17, 15) is 4.79 Å². The SMILES string of the molecule is CCN(C)C(=O)CNCC(C)C(N)=NO. The molecule has 1 amide bonds. The summed E-state index contributed by atoms with van der Waals surface area (Å²) in [6.07, 6.45) is 0. The zero-order valence-corrected chi connectivity index (χ0v) is 9.53. The maximum Gasteiger partial charge on any atom is 0.236 e. The second-order valence-electron chi connectivity index (χ2n) is 3.46. The number of carbonyl (C=O) groups is 1. The third-order valence-electron chi connectivity index (χ3n) is 2.25. The number of hydrogen-bond acceptors (Lipinski definition) is 4. The van der Waals surface area contributed by atoms with E-state index in [-0.39, 0.29) is 24.2 Å². The van der Waals surface area contributed by atoms with Crippen molar-refractivity contribution in [3.05, 3.63) is 0 Å². The number of oxime groups is 1. The van der Waals surface area contributed by atoms with Gasteiger partial charge in [-0.25, -0.2) is 0 Å². The third kappa shape index (κ3) is 5.21. The molecule has 15 heavy (non-hydrogen) atoms. The largest absolute Gasteiger partial charge is 0.409 e. The fourth-order valence-corrected chi connectivity index (χ4v) is 0.910. The smallest absolute Gasteiger partial charge is 0.236 e. The lowest BCUT2D eigenvalue weighted by Crippen LogP contribution is -2.39. The van der Waals surface area contributed by atoms with E-state index in [1.807, 2.05) is 13.8 Å². The molecule has 0 saturated carbocycles. The molecule has 1 unspecified atom stereocenters. The van der Waals surface area contributed by atoms with Crippen molar-refractivity contribution in [2.45, 2.75) is 13.8 Å². The van der Waals surface area contributed by atoms with Crippen molar-refractivity contribution in [1.29, 1.82) is 0 Å². The molecule has 6 heteroatoms. The Morgan fingerprint density at radius 2 is 2.27 bits per heavy atom. The first-order chi connectivity index (χ1) is 7.02. The van der Waals surface area contributed by atoms with Crippen LogP contribution in [0.1, 0.15) is 13.8 Å². The van der Waals surface area contributed by atoms with Crippen molar-refractivity contribution in [3.63, 3.8) is 0 Å². The number of amides is 1. The molecule has 0 aromatic rings. The van der Waals surface area contributed by atoms with Gasteiger partial charge in [0.1, 0.15) is 5.84 Å². The van der Waals surface area contributed by atoms with Crippen LogP contribution in [0.4, 0.5) is 0 Å². The summed E-state index contributed by atoms with van der Waals surface area (Å²) < 4.78 is 0. The van der Waals surface area contributed by atoms with Crippen LogP contribution in [-0.4, -0.2) is 48.5 Å². The minimum Gasteiger partial charge on any atom is -0.409 e. The minimum atomic E-state index is -0.0882. The van der Waals surface area contributed by atoms with Crippen LogP contribution in [0.15, 0.2) is 5.16 Å². The van der Waals surface area contributed by atoms with Gasteiger partial charge < -0.3 is 21.2 Å². The van der Waals surface area contributed by atoms with Crippen LogP contribution < -0.4 is 11.1 Å². The van der Waals surface area contributed by atoms with Gasteiger partial charge in [-0.2, -0.15) is 0 Å². The normalized spacial score (nSPS) is 13.7. The van der Waals surface area contributed by atoms with E-state index in [2.05, 4.69) is 10.5 Å². The van der Waals surface area contributed by atoms with E-state index in [0.717, 1.165) is 0 Å². The van der Waals surface area contributed by atoms with Gasteiger partial charge in [-0.05, 0) is 6.92 Å². The van der Waals surface area contributed by atoms with Gasteiger partial charge in [-0.3, -0.25) is 4.79 Å². The molecule has 0 spiro atoms. The zero-order chi connectivity index (χ0) is 11.8. The highest BCUT2D eigenvalue weighted by atomic mass is 16.4. The molecular formula is C9H20N4O2. The predicted molar refractivity (Wildman–Crippen MR) is 58.8 cm³/mol. The van der Waals surface area contributed by atoms with E-state index in [4.69, 9.17) is 10.9 Å². The highest BCUT2D eigenvalue weighted by molar-refractivity contribution is 5.82. The fourth-order valence-electron chi connectivity index (χ4n) is 0.910. The Labute approximate surface area is 90.1 Å². The number of amidine groups is 1. The highest BCUT2D eigenvalue weighted by Crippen LogP contribution is 1.91. The first kappa shape index (κ1) is 13.7. The molecule has 6 nitrogen and oxygen atoms in total. The van der Waals surface area contributed by atoms with Crippen LogP contribution in [0, 0.1) is 5.92 Å². The Morgan fingerprint density at radius 3 is 2.73 bits per heavy atom. The highest BCUT2D eigenvalue weighted by Gasteiger charge is 2.09. The Balaban J connectivity index is 3.75. The molecule has 88 valence electrons. The van der Waals surface area contributed by atoms with Gasteiger partial charge in [0.05, 0.1) is 6.54 Å². The lowest BCUT2D eigenvalue weighted by atomic mass is 10.1. The quantitative estimate of drug-likeness (QED) is 0.240. The molecular weight excluding hydrogens is 196 g/mol. The molecule has 0 aliphatic carbocycles. The van der Waals surface area contributed by atoms with E-state index >= 15 is 0 Å². The molecule has 0 rings (SSSR count). The van der Waals surface area contributed by atoms with Crippen molar-refractivity contribution in [3.8, 4) is 0 Å². The van der Waals surface area contributed by atoms with Crippen LogP contribution in [0.5, 0.6) is 0 Å². The molecule has 4 N–H and O–H groups in total. The molecule has 0 aromatic carbocycles. The third-order valence-corrected chi connectivity index (χ3v) is 2.25. The maximum atomic E-state index is 11.3. The monoisotopic (exact) mass is 216 g/mol. The molecule has 0 aliphatic heterocycles. The number of nitrogens with one attached hydrogen (secondary N) is 1. The zero-order valence-electron chi connectivity index (χ0n) is 9.53. The second-order valence-corrected chi connectivity index (χ2v) is 3.46. The predicted octanol–water partition coefficient (Wildman–Crippen LogP) is -0.563. The molecule has 0 aromatic heterocycles. The molecule has 0 aliphatic rings. The Hall–Kier alpha value is -1.30. The van der Waals surface area contributed by atoms with E-state index in [1.54, 1.807) is 11.9 Å². The average Bonchev–Trinajstić information content (AvgIpc) is 2.26. The van der Waals surface area contributed by atoms with Gasteiger partial charge >= 0.3 is 0 Å². The summed E-state index contributed by atoms with van der Waals surface area (Å²) >= 11 is 0. The van der Waals surface area contributed by atoms with Crippen molar-refractivity contribution in [2.75, 3.05) is 26.7 Å². The van der Waals surface area contributed by atoms with Crippen LogP contribution in [-0.2, 0) is 4.79 Å². The summed E-state index contributed by atoms with van der Waals surface area (Å²) in [6, 6.07) is 0. The summed E-state index contributed by atoms with van der Waals surface area (Å²) in [6.45, 7) is 5.20. The summed E-state index contributed by atoms with van der Waals surface area (Å²) in [4.78, 5) is 13.0. The van der Waals surface area contributed by atoms with Crippen LogP contribution in [0.25, 0.3) is 0 Å². The number of hydrogen-bond donors (Lipinski definition) is 3. The van der Waals surface area contributed by atoms with Crippen LogP contribution in [0.3, 0.4) is 0 Å². The Morgan fingerprint density at radius 1 is 1.67 bits per heavy atom. The molecule has 0 radical (unpaired) electrons. The van der Waals surface area contributed by atoms with Crippen molar-refractivity contribution < 1.29 is 10.0 Å². The minimum absolute atomic E-state index is 0.0317. The van der Waals surface area contributed by atoms with Gasteiger partial charge in [-0.1, -0.05) is 12.1 Å². The molecule has 0 heterocycles. The Kier molecular flexibility index (Phi) is 6.44. The van der Waals surface area contributed by atoms with Gasteiger partial charge in [0.15, 0.2) is 0 Å². The van der Waals surface area contributed by atoms with Gasteiger partial charge in [0, 0.05) is 26.1 Å². The number of nitrogens with two attached hydrogens (primary N) is 1. The molecule has 1 atom stereocenters. The molecule has 0 saturated heterocycles. The van der Waals surface area contributed by atoms with Crippen molar-refractivity contribution in [2.24, 2.45) is 16.8 Å². The lowest BCUT2D eigenvalue weighted by molar-refractivity contribution is -0.128. The molecule has 0 bridgehead atoms. The summed E-state index contributed by atoms with van der Waals surface area (Å²) in [7, 11) is 1.75. The molecule has 0 fully saturated rings. The van der Waals surface area contributed by atoms with Gasteiger partial charge in [0.2, 0.25) is 5.91 Å².